The van der Waals surface area contributed by atoms with E-state index in [0.29, 0.717) is 0 Å². The monoisotopic (exact) mass is 231 g/mol. The smallest absolute Gasteiger partial charge is 0.328 e. The normalized spacial score (nSPS) is 11.7. The Morgan fingerprint density at radius 1 is 1.25 bits per heavy atom. The molecule has 1 atom stereocenters. The third-order valence-corrected chi connectivity index (χ3v) is 1.88. The molecule has 0 unspecified atom stereocenters. The Balaban J connectivity index is 4.25. The van der Waals surface area contributed by atoms with Crippen LogP contribution in [0.2, 0.25) is 0 Å². The van der Waals surface area contributed by atoms with Crippen molar-refractivity contribution in [2.24, 2.45) is 0 Å². The molecule has 1 N–H and O–H groups in total. The Kier molecular flexibility index (Phi) is 7.11. The summed E-state index contributed by atoms with van der Waals surface area (Å²) in [6.45, 7) is 1.29. The van der Waals surface area contributed by atoms with Crippen LogP contribution in [0.15, 0.2) is 0 Å². The van der Waals surface area contributed by atoms with Crippen molar-refractivity contribution < 1.29 is 23.9 Å². The van der Waals surface area contributed by atoms with Crippen LogP contribution in [0.3, 0.4) is 0 Å². The van der Waals surface area contributed by atoms with Gasteiger partial charge in [0.05, 0.1) is 7.11 Å². The second-order valence-corrected chi connectivity index (χ2v) is 3.32. The molecular formula is C10H17NO5. The highest BCUT2D eigenvalue weighted by molar-refractivity contribution is 5.85. The fourth-order valence-corrected chi connectivity index (χ4v) is 1.11. The Morgan fingerprint density at radius 3 is 2.31 bits per heavy atom. The molecule has 0 aromatic rings. The van der Waals surface area contributed by atoms with Gasteiger partial charge in [0.1, 0.15) is 18.4 Å². The summed E-state index contributed by atoms with van der Waals surface area (Å²) in [5.41, 5.74) is 0. The van der Waals surface area contributed by atoms with E-state index < -0.39 is 17.9 Å². The topological polar surface area (TPSA) is 81.7 Å². The lowest BCUT2D eigenvalue weighted by Gasteiger charge is -2.15. The van der Waals surface area contributed by atoms with Gasteiger partial charge < -0.3 is 19.6 Å². The lowest BCUT2D eigenvalue weighted by molar-refractivity contribution is -0.145. The first-order chi connectivity index (χ1) is 7.51. The Morgan fingerprint density at radius 2 is 1.88 bits per heavy atom. The van der Waals surface area contributed by atoms with E-state index >= 15 is 0 Å². The molecule has 0 bridgehead atoms. The maximum Gasteiger partial charge on any atom is 0.328 e. The van der Waals surface area contributed by atoms with Crippen molar-refractivity contribution >= 4 is 17.7 Å². The predicted octanol–water partition coefficient (Wildman–Crippen LogP) is -0.340. The van der Waals surface area contributed by atoms with E-state index in [4.69, 9.17) is 0 Å². The average molecular weight is 231 g/mol. The third-order valence-electron chi connectivity index (χ3n) is 1.88. The molecule has 0 aliphatic rings. The van der Waals surface area contributed by atoms with Gasteiger partial charge in [-0.1, -0.05) is 0 Å². The van der Waals surface area contributed by atoms with Crippen molar-refractivity contribution in [1.29, 1.82) is 0 Å². The fraction of sp³-hybridized carbons (Fsp3) is 0.700. The standard InChI is InChI=1S/C10H17NO5/c1-7(12)4-5-8(10(14)16-3)11-9(13)6-15-2/h8H,4-6H2,1-3H3,(H,11,13)/t8-/m1/s1. The van der Waals surface area contributed by atoms with E-state index in [1.54, 1.807) is 0 Å². The lowest BCUT2D eigenvalue weighted by Crippen LogP contribution is -2.43. The van der Waals surface area contributed by atoms with Crippen LogP contribution >= 0.6 is 0 Å². The number of ether oxygens (including phenoxy) is 2. The second kappa shape index (κ2) is 7.81. The van der Waals surface area contributed by atoms with E-state index in [0.717, 1.165) is 0 Å². The van der Waals surface area contributed by atoms with Crippen molar-refractivity contribution in [2.45, 2.75) is 25.8 Å². The van der Waals surface area contributed by atoms with Crippen molar-refractivity contribution in [1.82, 2.24) is 5.32 Å². The molecule has 6 heteroatoms. The number of nitrogens with one attached hydrogen (secondary N) is 1. The maximum absolute atomic E-state index is 11.3. The summed E-state index contributed by atoms with van der Waals surface area (Å²) >= 11 is 0. The van der Waals surface area contributed by atoms with Crippen LogP contribution in [0.25, 0.3) is 0 Å². The van der Waals surface area contributed by atoms with Gasteiger partial charge >= 0.3 is 5.97 Å². The number of hydrogen-bond acceptors (Lipinski definition) is 5. The SMILES string of the molecule is COCC(=O)N[C@H](CCC(C)=O)C(=O)OC. The summed E-state index contributed by atoms with van der Waals surface area (Å²) in [6.07, 6.45) is 0.449. The van der Waals surface area contributed by atoms with Gasteiger partial charge in [0.25, 0.3) is 0 Å². The first-order valence-electron chi connectivity index (χ1n) is 4.86. The van der Waals surface area contributed by atoms with Crippen LogP contribution in [0.4, 0.5) is 0 Å². The Labute approximate surface area is 94.3 Å². The average Bonchev–Trinajstić information content (AvgIpc) is 2.23. The summed E-state index contributed by atoms with van der Waals surface area (Å²) in [6, 6.07) is -0.795. The van der Waals surface area contributed by atoms with Crippen LogP contribution in [0, 0.1) is 0 Å². The van der Waals surface area contributed by atoms with Crippen molar-refractivity contribution in [3.63, 3.8) is 0 Å². The van der Waals surface area contributed by atoms with Gasteiger partial charge in [-0.25, -0.2) is 4.79 Å². The quantitative estimate of drug-likeness (QED) is 0.606. The fourth-order valence-electron chi connectivity index (χ4n) is 1.11. The van der Waals surface area contributed by atoms with E-state index in [1.165, 1.54) is 21.1 Å². The van der Waals surface area contributed by atoms with Crippen molar-refractivity contribution in [3.8, 4) is 0 Å². The predicted molar refractivity (Wildman–Crippen MR) is 55.7 cm³/mol. The van der Waals surface area contributed by atoms with Crippen LogP contribution in [0.5, 0.6) is 0 Å². The number of amides is 1. The molecule has 0 aromatic carbocycles. The van der Waals surface area contributed by atoms with Gasteiger partial charge in [-0.05, 0) is 13.3 Å². The molecule has 0 aliphatic heterocycles. The lowest BCUT2D eigenvalue weighted by atomic mass is 10.1. The highest BCUT2D eigenvalue weighted by Crippen LogP contribution is 2.00. The zero-order valence-corrected chi connectivity index (χ0v) is 9.74. The van der Waals surface area contributed by atoms with Crippen LogP contribution < -0.4 is 5.32 Å². The molecule has 0 spiro atoms. The molecule has 16 heavy (non-hydrogen) atoms. The summed E-state index contributed by atoms with van der Waals surface area (Å²) in [7, 11) is 2.61. The number of carbonyl (C=O) groups is 3. The first kappa shape index (κ1) is 14.6. The van der Waals surface area contributed by atoms with Gasteiger partial charge in [0.2, 0.25) is 5.91 Å². The number of ketones is 1. The number of Topliss-reactive ketones (excluding diaryl/α,β-unsaturated/α-hetero) is 1. The van der Waals surface area contributed by atoms with E-state index in [1.807, 2.05) is 0 Å². The largest absolute Gasteiger partial charge is 0.467 e. The number of methoxy groups -OCH3 is 2. The van der Waals surface area contributed by atoms with E-state index in [9.17, 15) is 14.4 Å². The molecule has 0 aliphatic carbocycles. The minimum atomic E-state index is -0.795. The van der Waals surface area contributed by atoms with Gasteiger partial charge in [-0.3, -0.25) is 4.79 Å². The van der Waals surface area contributed by atoms with Crippen molar-refractivity contribution in [2.75, 3.05) is 20.8 Å². The molecule has 1 amide bonds. The molecule has 6 nitrogen and oxygen atoms in total. The summed E-state index contributed by atoms with van der Waals surface area (Å²) in [5.74, 6) is -1.03. The third kappa shape index (κ3) is 6.13. The van der Waals surface area contributed by atoms with Crippen molar-refractivity contribution in [3.05, 3.63) is 0 Å². The minimum absolute atomic E-state index is 0.0464. The van der Waals surface area contributed by atoms with Gasteiger partial charge in [-0.2, -0.15) is 0 Å². The van der Waals surface area contributed by atoms with Gasteiger partial charge in [-0.15, -0.1) is 0 Å². The summed E-state index contributed by atoms with van der Waals surface area (Å²) in [5, 5.41) is 2.43. The van der Waals surface area contributed by atoms with Gasteiger partial charge in [0, 0.05) is 13.5 Å². The molecule has 0 radical (unpaired) electrons. The van der Waals surface area contributed by atoms with Gasteiger partial charge in [0.15, 0.2) is 0 Å². The first-order valence-corrected chi connectivity index (χ1v) is 4.86. The summed E-state index contributed by atoms with van der Waals surface area (Å²) < 4.78 is 9.13. The number of esters is 1. The highest BCUT2D eigenvalue weighted by atomic mass is 16.5. The molecule has 0 aromatic heterocycles. The number of carbonyl (C=O) groups excluding carboxylic acids is 3. The molecule has 92 valence electrons. The molecule has 0 saturated carbocycles. The Hall–Kier alpha value is -1.43. The number of rotatable bonds is 7. The molecule has 0 saturated heterocycles. The number of hydrogen-bond donors (Lipinski definition) is 1. The van der Waals surface area contributed by atoms with Crippen LogP contribution in [-0.4, -0.2) is 44.5 Å². The zero-order valence-electron chi connectivity index (χ0n) is 9.74. The maximum atomic E-state index is 11.3. The molecule has 0 heterocycles. The Bertz CT molecular complexity index is 264. The molecule has 0 fully saturated rings. The second-order valence-electron chi connectivity index (χ2n) is 3.32. The zero-order chi connectivity index (χ0) is 12.6. The van der Waals surface area contributed by atoms with E-state index in [2.05, 4.69) is 14.8 Å². The van der Waals surface area contributed by atoms with E-state index in [-0.39, 0.29) is 25.2 Å². The summed E-state index contributed by atoms with van der Waals surface area (Å²) in [4.78, 5) is 33.2. The molecule has 0 rings (SSSR count). The minimum Gasteiger partial charge on any atom is -0.467 e. The molecular weight excluding hydrogens is 214 g/mol. The highest BCUT2D eigenvalue weighted by Gasteiger charge is 2.21. The van der Waals surface area contributed by atoms with Crippen LogP contribution in [-0.2, 0) is 23.9 Å². The van der Waals surface area contributed by atoms with Crippen LogP contribution in [0.1, 0.15) is 19.8 Å².